The molecule has 2 heteroatoms. The van der Waals surface area contributed by atoms with Crippen molar-refractivity contribution in [1.29, 1.82) is 0 Å². The maximum Gasteiger partial charge on any atom is 0.0525 e. The molecule has 2 rings (SSSR count). The minimum Gasteiger partial charge on any atom is -0.347 e. The largest absolute Gasteiger partial charge is 0.347 e. The van der Waals surface area contributed by atoms with Crippen molar-refractivity contribution in [1.82, 2.24) is 9.88 Å². The number of nitrogens with one attached hydrogen (secondary N) is 1. The number of hydrogen-bond acceptors (Lipinski definition) is 1. The Balaban J connectivity index is 2.29. The molecule has 0 aliphatic heterocycles. The van der Waals surface area contributed by atoms with Crippen LogP contribution in [-0.2, 0) is 13.1 Å². The Labute approximate surface area is 110 Å². The van der Waals surface area contributed by atoms with E-state index in [0.29, 0.717) is 6.04 Å². The van der Waals surface area contributed by atoms with Gasteiger partial charge in [-0.05, 0) is 23.4 Å². The molecule has 2 nitrogen and oxygen atoms in total. The number of unbranched alkanes of at least 4 members (excludes halogenated alkanes) is 1. The van der Waals surface area contributed by atoms with Gasteiger partial charge in [-0.25, -0.2) is 0 Å². The number of aromatic nitrogens is 1. The summed E-state index contributed by atoms with van der Waals surface area (Å²) in [6.45, 7) is 8.70. The average Bonchev–Trinajstić information content (AvgIpc) is 2.77. The highest BCUT2D eigenvalue weighted by molar-refractivity contribution is 5.83. The minimum absolute atomic E-state index is 0.527. The standard InChI is InChI=1S/C16H24N2/c1-4-5-10-18-11-9-14-7-6-8-15(16(14)18)12-17-13(2)3/h6-9,11,13,17H,4-5,10,12H2,1-3H3. The van der Waals surface area contributed by atoms with Gasteiger partial charge in [0.1, 0.15) is 0 Å². The second kappa shape index (κ2) is 6.05. The summed E-state index contributed by atoms with van der Waals surface area (Å²) in [5.41, 5.74) is 2.81. The highest BCUT2D eigenvalue weighted by Crippen LogP contribution is 2.21. The van der Waals surface area contributed by atoms with E-state index in [2.05, 4.69) is 61.1 Å². The molecule has 0 saturated heterocycles. The molecule has 0 radical (unpaired) electrons. The van der Waals surface area contributed by atoms with Crippen molar-refractivity contribution in [2.75, 3.05) is 0 Å². The molecule has 0 aliphatic rings. The van der Waals surface area contributed by atoms with Gasteiger partial charge in [0.2, 0.25) is 0 Å². The van der Waals surface area contributed by atoms with Crippen LogP contribution in [0.2, 0.25) is 0 Å². The van der Waals surface area contributed by atoms with E-state index in [1.807, 2.05) is 0 Å². The molecule has 0 saturated carbocycles. The quantitative estimate of drug-likeness (QED) is 0.814. The van der Waals surface area contributed by atoms with E-state index in [9.17, 15) is 0 Å². The first-order chi connectivity index (χ1) is 8.72. The van der Waals surface area contributed by atoms with Crippen LogP contribution in [0.3, 0.4) is 0 Å². The highest BCUT2D eigenvalue weighted by Gasteiger charge is 2.06. The number of fused-ring (bicyclic) bond motifs is 1. The first-order valence-electron chi connectivity index (χ1n) is 7.02. The van der Waals surface area contributed by atoms with Crippen LogP contribution in [-0.4, -0.2) is 10.6 Å². The van der Waals surface area contributed by atoms with Gasteiger partial charge in [0.15, 0.2) is 0 Å². The molecule has 98 valence electrons. The van der Waals surface area contributed by atoms with Gasteiger partial charge in [-0.2, -0.15) is 0 Å². The Bertz CT molecular complexity index is 497. The van der Waals surface area contributed by atoms with Gasteiger partial charge in [0.25, 0.3) is 0 Å². The normalized spacial score (nSPS) is 11.6. The SMILES string of the molecule is CCCCn1ccc2cccc(CNC(C)C)c21. The molecular weight excluding hydrogens is 220 g/mol. The number of rotatable bonds is 6. The van der Waals surface area contributed by atoms with Crippen molar-refractivity contribution in [3.8, 4) is 0 Å². The smallest absolute Gasteiger partial charge is 0.0525 e. The van der Waals surface area contributed by atoms with E-state index in [-0.39, 0.29) is 0 Å². The maximum atomic E-state index is 3.51. The maximum absolute atomic E-state index is 3.51. The molecule has 2 aromatic rings. The number of hydrogen-bond donors (Lipinski definition) is 1. The molecule has 0 atom stereocenters. The molecule has 0 amide bonds. The Morgan fingerprint density at radius 2 is 2.06 bits per heavy atom. The van der Waals surface area contributed by atoms with Gasteiger partial charge < -0.3 is 9.88 Å². The van der Waals surface area contributed by atoms with Crippen molar-refractivity contribution < 1.29 is 0 Å². The number of para-hydroxylation sites is 1. The summed E-state index contributed by atoms with van der Waals surface area (Å²) in [4.78, 5) is 0. The lowest BCUT2D eigenvalue weighted by Crippen LogP contribution is -2.22. The number of benzene rings is 1. The zero-order chi connectivity index (χ0) is 13.0. The summed E-state index contributed by atoms with van der Waals surface area (Å²) in [6.07, 6.45) is 4.71. The summed E-state index contributed by atoms with van der Waals surface area (Å²) >= 11 is 0. The van der Waals surface area contributed by atoms with Crippen molar-refractivity contribution in [2.24, 2.45) is 0 Å². The lowest BCUT2D eigenvalue weighted by Gasteiger charge is -2.12. The predicted octanol–water partition coefficient (Wildman–Crippen LogP) is 3.94. The Kier molecular flexibility index (Phi) is 4.43. The van der Waals surface area contributed by atoms with E-state index in [1.54, 1.807) is 0 Å². The molecule has 0 bridgehead atoms. The fourth-order valence-corrected chi connectivity index (χ4v) is 2.31. The molecule has 1 aromatic carbocycles. The zero-order valence-corrected chi connectivity index (χ0v) is 11.7. The third-order valence-electron chi connectivity index (χ3n) is 3.33. The van der Waals surface area contributed by atoms with E-state index in [0.717, 1.165) is 13.1 Å². The molecule has 0 aliphatic carbocycles. The van der Waals surface area contributed by atoms with Gasteiger partial charge in [-0.15, -0.1) is 0 Å². The monoisotopic (exact) mass is 244 g/mol. The Hall–Kier alpha value is -1.28. The summed E-state index contributed by atoms with van der Waals surface area (Å²) in [6, 6.07) is 9.35. The van der Waals surface area contributed by atoms with Crippen molar-refractivity contribution in [3.05, 3.63) is 36.0 Å². The van der Waals surface area contributed by atoms with E-state index < -0.39 is 0 Å². The first-order valence-corrected chi connectivity index (χ1v) is 7.02. The van der Waals surface area contributed by atoms with Crippen LogP contribution in [0, 0.1) is 0 Å². The second-order valence-electron chi connectivity index (χ2n) is 5.25. The summed E-state index contributed by atoms with van der Waals surface area (Å²) in [7, 11) is 0. The molecule has 1 heterocycles. The van der Waals surface area contributed by atoms with Crippen molar-refractivity contribution >= 4 is 10.9 Å². The molecule has 1 aromatic heterocycles. The number of nitrogens with zero attached hydrogens (tertiary/aromatic N) is 1. The van der Waals surface area contributed by atoms with E-state index in [1.165, 1.54) is 29.3 Å². The van der Waals surface area contributed by atoms with Crippen LogP contribution in [0.25, 0.3) is 10.9 Å². The topological polar surface area (TPSA) is 17.0 Å². The third kappa shape index (κ3) is 2.94. The van der Waals surface area contributed by atoms with Gasteiger partial charge in [0, 0.05) is 25.3 Å². The summed E-state index contributed by atoms with van der Waals surface area (Å²) < 4.78 is 2.40. The van der Waals surface area contributed by atoms with E-state index >= 15 is 0 Å². The minimum atomic E-state index is 0.527. The molecule has 0 unspecified atom stereocenters. The molecule has 0 fully saturated rings. The van der Waals surface area contributed by atoms with Gasteiger partial charge in [-0.3, -0.25) is 0 Å². The van der Waals surface area contributed by atoms with Crippen LogP contribution in [0.15, 0.2) is 30.5 Å². The molecular formula is C16H24N2. The van der Waals surface area contributed by atoms with Crippen LogP contribution in [0.4, 0.5) is 0 Å². The Morgan fingerprint density at radius 1 is 1.22 bits per heavy atom. The van der Waals surface area contributed by atoms with E-state index in [4.69, 9.17) is 0 Å². The van der Waals surface area contributed by atoms with Gasteiger partial charge in [0.05, 0.1) is 5.52 Å². The predicted molar refractivity (Wildman–Crippen MR) is 78.8 cm³/mol. The van der Waals surface area contributed by atoms with Crippen LogP contribution in [0.5, 0.6) is 0 Å². The fraction of sp³-hybridized carbons (Fsp3) is 0.500. The fourth-order valence-electron chi connectivity index (χ4n) is 2.31. The van der Waals surface area contributed by atoms with Crippen LogP contribution >= 0.6 is 0 Å². The number of aryl methyl sites for hydroxylation is 1. The zero-order valence-electron chi connectivity index (χ0n) is 11.7. The third-order valence-corrected chi connectivity index (χ3v) is 3.33. The summed E-state index contributed by atoms with van der Waals surface area (Å²) in [5, 5.41) is 4.87. The van der Waals surface area contributed by atoms with Gasteiger partial charge in [-0.1, -0.05) is 45.4 Å². The second-order valence-corrected chi connectivity index (χ2v) is 5.25. The molecule has 18 heavy (non-hydrogen) atoms. The molecule has 1 N–H and O–H groups in total. The van der Waals surface area contributed by atoms with Crippen LogP contribution < -0.4 is 5.32 Å². The van der Waals surface area contributed by atoms with Crippen LogP contribution in [0.1, 0.15) is 39.2 Å². The van der Waals surface area contributed by atoms with Crippen molar-refractivity contribution in [2.45, 2.75) is 52.7 Å². The van der Waals surface area contributed by atoms with Crippen molar-refractivity contribution in [3.63, 3.8) is 0 Å². The lowest BCUT2D eigenvalue weighted by molar-refractivity contribution is 0.587. The van der Waals surface area contributed by atoms with Gasteiger partial charge >= 0.3 is 0 Å². The lowest BCUT2D eigenvalue weighted by atomic mass is 10.1. The molecule has 0 spiro atoms. The Morgan fingerprint density at radius 3 is 2.78 bits per heavy atom. The average molecular weight is 244 g/mol. The first kappa shape index (κ1) is 13.2. The summed E-state index contributed by atoms with van der Waals surface area (Å²) in [5.74, 6) is 0. The highest BCUT2D eigenvalue weighted by atomic mass is 15.0.